The normalized spacial score (nSPS) is 14.7. The van der Waals surface area contributed by atoms with Gasteiger partial charge in [-0.05, 0) is 37.1 Å². The number of benzene rings is 2. The molecule has 0 spiro atoms. The maximum absolute atomic E-state index is 12.4. The fourth-order valence-corrected chi connectivity index (χ4v) is 3.67. The fourth-order valence-electron chi connectivity index (χ4n) is 3.67. The molecule has 1 aromatic heterocycles. The van der Waals surface area contributed by atoms with Crippen molar-refractivity contribution in [3.05, 3.63) is 92.5 Å². The molecule has 0 radical (unpaired) electrons. The molecule has 2 heterocycles. The van der Waals surface area contributed by atoms with Crippen LogP contribution >= 0.6 is 0 Å². The molecule has 164 valence electrons. The third-order valence-electron chi connectivity index (χ3n) is 5.25. The SMILES string of the molecule is CC1Cc2ccccc2N1Cc1cc(=O)c(OCC(=O)Nc2ccc([N+](=O)[O-])cc2)co1. The van der Waals surface area contributed by atoms with Crippen LogP contribution in [0.4, 0.5) is 17.1 Å². The zero-order valence-electron chi connectivity index (χ0n) is 17.3. The van der Waals surface area contributed by atoms with E-state index >= 15 is 0 Å². The van der Waals surface area contributed by atoms with E-state index in [2.05, 4.69) is 29.3 Å². The maximum Gasteiger partial charge on any atom is 0.269 e. The van der Waals surface area contributed by atoms with Gasteiger partial charge in [-0.15, -0.1) is 0 Å². The average molecular weight is 435 g/mol. The molecule has 0 saturated heterocycles. The molecule has 0 bridgehead atoms. The van der Waals surface area contributed by atoms with Crippen molar-refractivity contribution in [3.63, 3.8) is 0 Å². The van der Waals surface area contributed by atoms with Crippen LogP contribution in [-0.2, 0) is 17.8 Å². The monoisotopic (exact) mass is 435 g/mol. The average Bonchev–Trinajstić information content (AvgIpc) is 3.08. The zero-order valence-corrected chi connectivity index (χ0v) is 17.3. The van der Waals surface area contributed by atoms with Gasteiger partial charge in [-0.25, -0.2) is 0 Å². The lowest BCUT2D eigenvalue weighted by Crippen LogP contribution is -2.29. The van der Waals surface area contributed by atoms with E-state index < -0.39 is 17.4 Å². The van der Waals surface area contributed by atoms with E-state index in [9.17, 15) is 19.7 Å². The highest BCUT2D eigenvalue weighted by molar-refractivity contribution is 5.91. The zero-order chi connectivity index (χ0) is 22.7. The molecular weight excluding hydrogens is 414 g/mol. The van der Waals surface area contributed by atoms with Gasteiger partial charge < -0.3 is 19.4 Å². The summed E-state index contributed by atoms with van der Waals surface area (Å²) in [6, 6.07) is 15.2. The lowest BCUT2D eigenvalue weighted by atomic mass is 10.1. The van der Waals surface area contributed by atoms with Gasteiger partial charge in [0.25, 0.3) is 11.6 Å². The number of fused-ring (bicyclic) bond motifs is 1. The molecule has 9 nitrogen and oxygen atoms in total. The van der Waals surface area contributed by atoms with Crippen LogP contribution in [-0.4, -0.2) is 23.5 Å². The van der Waals surface area contributed by atoms with Gasteiger partial charge >= 0.3 is 0 Å². The van der Waals surface area contributed by atoms with Gasteiger partial charge in [-0.2, -0.15) is 0 Å². The number of nitrogens with zero attached hydrogens (tertiary/aromatic N) is 2. The summed E-state index contributed by atoms with van der Waals surface area (Å²) in [6.45, 7) is 2.17. The first-order chi connectivity index (χ1) is 15.4. The highest BCUT2D eigenvalue weighted by Gasteiger charge is 2.26. The Morgan fingerprint density at radius 1 is 1.25 bits per heavy atom. The predicted octanol–water partition coefficient (Wildman–Crippen LogP) is 3.52. The number of nitrogens with one attached hydrogen (secondary N) is 1. The van der Waals surface area contributed by atoms with Gasteiger partial charge in [0.15, 0.2) is 6.61 Å². The summed E-state index contributed by atoms with van der Waals surface area (Å²) in [6.07, 6.45) is 2.15. The van der Waals surface area contributed by atoms with E-state index in [0.717, 1.165) is 12.1 Å². The van der Waals surface area contributed by atoms with Crippen LogP contribution in [0.25, 0.3) is 0 Å². The van der Waals surface area contributed by atoms with E-state index in [-0.39, 0.29) is 22.9 Å². The van der Waals surface area contributed by atoms with Gasteiger partial charge in [0.2, 0.25) is 11.2 Å². The standard InChI is InChI=1S/C23H21N3O6/c1-15-10-16-4-2-3-5-20(16)25(15)12-19-11-21(27)22(13-31-19)32-14-23(28)24-17-6-8-18(9-7-17)26(29)30/h2-9,11,13,15H,10,12,14H2,1H3,(H,24,28). The number of rotatable bonds is 7. The summed E-state index contributed by atoms with van der Waals surface area (Å²) in [7, 11) is 0. The Hall–Kier alpha value is -4.14. The molecule has 1 aliphatic rings. The summed E-state index contributed by atoms with van der Waals surface area (Å²) >= 11 is 0. The summed E-state index contributed by atoms with van der Waals surface area (Å²) in [5, 5.41) is 13.2. The topological polar surface area (TPSA) is 115 Å². The molecule has 1 N–H and O–H groups in total. The highest BCUT2D eigenvalue weighted by Crippen LogP contribution is 2.33. The highest BCUT2D eigenvalue weighted by atomic mass is 16.6. The van der Waals surface area contributed by atoms with Crippen LogP contribution in [0.3, 0.4) is 0 Å². The molecular formula is C23H21N3O6. The molecule has 1 amide bonds. The van der Waals surface area contributed by atoms with Gasteiger partial charge in [-0.1, -0.05) is 18.2 Å². The Labute approximate surface area is 183 Å². The first-order valence-electron chi connectivity index (χ1n) is 10.0. The quantitative estimate of drug-likeness (QED) is 0.446. The maximum atomic E-state index is 12.4. The van der Waals surface area contributed by atoms with Gasteiger partial charge in [0, 0.05) is 35.6 Å². The number of non-ortho nitro benzene ring substituents is 1. The van der Waals surface area contributed by atoms with Crippen LogP contribution in [0.2, 0.25) is 0 Å². The second kappa shape index (κ2) is 8.93. The number of ether oxygens (including phenoxy) is 1. The first kappa shape index (κ1) is 21.1. The molecule has 0 saturated carbocycles. The van der Waals surface area contributed by atoms with Crippen molar-refractivity contribution < 1.29 is 18.9 Å². The lowest BCUT2D eigenvalue weighted by molar-refractivity contribution is -0.384. The van der Waals surface area contributed by atoms with Crippen LogP contribution in [0.5, 0.6) is 5.75 Å². The minimum absolute atomic E-state index is 0.0672. The molecule has 1 unspecified atom stereocenters. The smallest absolute Gasteiger partial charge is 0.269 e. The summed E-state index contributed by atoms with van der Waals surface area (Å²) in [5.41, 5.74) is 2.32. The number of carbonyl (C=O) groups is 1. The van der Waals surface area contributed by atoms with E-state index in [1.54, 1.807) is 0 Å². The second-order valence-corrected chi connectivity index (χ2v) is 7.53. The second-order valence-electron chi connectivity index (χ2n) is 7.53. The largest absolute Gasteiger partial charge is 0.477 e. The number of nitro groups is 1. The van der Waals surface area contributed by atoms with Crippen LogP contribution < -0.4 is 20.4 Å². The Morgan fingerprint density at radius 3 is 2.72 bits per heavy atom. The molecule has 0 aliphatic carbocycles. The predicted molar refractivity (Wildman–Crippen MR) is 118 cm³/mol. The summed E-state index contributed by atoms with van der Waals surface area (Å²) in [5.74, 6) is -0.0754. The number of hydrogen-bond acceptors (Lipinski definition) is 7. The number of amides is 1. The number of anilines is 2. The van der Waals surface area contributed by atoms with Gasteiger partial charge in [0.1, 0.15) is 12.0 Å². The first-order valence-corrected chi connectivity index (χ1v) is 10.0. The molecule has 1 aliphatic heterocycles. The van der Waals surface area contributed by atoms with Crippen molar-refractivity contribution in [2.45, 2.75) is 25.9 Å². The van der Waals surface area contributed by atoms with Crippen molar-refractivity contribution in [2.75, 3.05) is 16.8 Å². The van der Waals surface area contributed by atoms with Gasteiger partial charge in [-0.3, -0.25) is 19.7 Å². The van der Waals surface area contributed by atoms with Crippen LogP contribution in [0, 0.1) is 10.1 Å². The fraction of sp³-hybridized carbons (Fsp3) is 0.217. The van der Waals surface area contributed by atoms with Crippen molar-refractivity contribution in [2.24, 2.45) is 0 Å². The minimum Gasteiger partial charge on any atom is -0.477 e. The Bertz CT molecular complexity index is 1200. The van der Waals surface area contributed by atoms with Crippen molar-refractivity contribution in [1.29, 1.82) is 0 Å². The van der Waals surface area contributed by atoms with Crippen LogP contribution in [0.1, 0.15) is 18.2 Å². The number of carbonyl (C=O) groups excluding carboxylic acids is 1. The van der Waals surface area contributed by atoms with E-state index in [4.69, 9.17) is 9.15 Å². The third-order valence-corrected chi connectivity index (χ3v) is 5.25. The van der Waals surface area contributed by atoms with Crippen LogP contribution in [0.15, 0.2) is 70.1 Å². The minimum atomic E-state index is -0.527. The van der Waals surface area contributed by atoms with E-state index in [0.29, 0.717) is 18.0 Å². The molecule has 1 atom stereocenters. The molecule has 2 aromatic carbocycles. The number of nitro benzene ring substituents is 1. The Kier molecular flexibility index (Phi) is 5.89. The lowest BCUT2D eigenvalue weighted by Gasteiger charge is -2.24. The van der Waals surface area contributed by atoms with E-state index in [1.807, 2.05) is 12.1 Å². The van der Waals surface area contributed by atoms with Crippen molar-refractivity contribution >= 4 is 23.0 Å². The number of hydrogen-bond donors (Lipinski definition) is 1. The van der Waals surface area contributed by atoms with E-state index in [1.165, 1.54) is 42.2 Å². The molecule has 4 rings (SSSR count). The van der Waals surface area contributed by atoms with Gasteiger partial charge in [0.05, 0.1) is 11.5 Å². The van der Waals surface area contributed by atoms with Crippen molar-refractivity contribution in [1.82, 2.24) is 0 Å². The molecule has 32 heavy (non-hydrogen) atoms. The third kappa shape index (κ3) is 4.61. The summed E-state index contributed by atoms with van der Waals surface area (Å²) in [4.78, 5) is 36.8. The number of para-hydroxylation sites is 1. The Balaban J connectivity index is 1.35. The Morgan fingerprint density at radius 2 is 2.00 bits per heavy atom. The van der Waals surface area contributed by atoms with Crippen molar-refractivity contribution in [3.8, 4) is 5.75 Å². The molecule has 9 heteroatoms. The molecule has 0 fully saturated rings. The summed E-state index contributed by atoms with van der Waals surface area (Å²) < 4.78 is 10.9. The molecule has 3 aromatic rings.